The molecule has 1 unspecified atom stereocenters. The van der Waals surface area contributed by atoms with Gasteiger partial charge >= 0.3 is 0 Å². The third kappa shape index (κ3) is 4.83. The van der Waals surface area contributed by atoms with E-state index in [1.807, 2.05) is 43.1 Å². The Morgan fingerprint density at radius 1 is 1.40 bits per heavy atom. The number of rotatable bonds is 8. The Labute approximate surface area is 120 Å². The van der Waals surface area contributed by atoms with E-state index in [1.54, 1.807) is 7.11 Å². The zero-order chi connectivity index (χ0) is 15.0. The fourth-order valence-corrected chi connectivity index (χ4v) is 1.98. The van der Waals surface area contributed by atoms with Crippen LogP contribution in [0.2, 0.25) is 0 Å². The zero-order valence-electron chi connectivity index (χ0n) is 12.4. The van der Waals surface area contributed by atoms with Crippen LogP contribution >= 0.6 is 0 Å². The van der Waals surface area contributed by atoms with E-state index in [4.69, 9.17) is 4.74 Å². The lowest BCUT2D eigenvalue weighted by Gasteiger charge is -2.26. The van der Waals surface area contributed by atoms with Gasteiger partial charge in [0.2, 0.25) is 5.91 Å². The Morgan fingerprint density at radius 2 is 2.05 bits per heavy atom. The summed E-state index contributed by atoms with van der Waals surface area (Å²) in [7, 11) is 3.44. The van der Waals surface area contributed by atoms with Gasteiger partial charge in [0.25, 0.3) is 0 Å². The Kier molecular flexibility index (Phi) is 7.04. The number of hydrogen-bond acceptors (Lipinski definition) is 4. The first-order valence-electron chi connectivity index (χ1n) is 6.84. The molecule has 1 aromatic rings. The Bertz CT molecular complexity index is 406. The molecule has 0 bridgehead atoms. The molecule has 20 heavy (non-hydrogen) atoms. The summed E-state index contributed by atoms with van der Waals surface area (Å²) in [6, 6.07) is 7.31. The van der Waals surface area contributed by atoms with E-state index >= 15 is 0 Å². The number of carbonyl (C=O) groups is 1. The molecule has 0 heterocycles. The van der Waals surface area contributed by atoms with Gasteiger partial charge in [-0.05, 0) is 31.2 Å². The molecule has 0 fully saturated rings. The number of ether oxygens (including phenoxy) is 1. The first-order valence-corrected chi connectivity index (χ1v) is 6.84. The largest absolute Gasteiger partial charge is 0.497 e. The van der Waals surface area contributed by atoms with Crippen LogP contribution in [0.3, 0.4) is 0 Å². The van der Waals surface area contributed by atoms with Crippen LogP contribution < -0.4 is 10.1 Å². The van der Waals surface area contributed by atoms with Crippen molar-refractivity contribution in [2.75, 3.05) is 33.9 Å². The molecule has 0 saturated carbocycles. The molecular formula is C15H24N2O3. The third-order valence-electron chi connectivity index (χ3n) is 3.17. The highest BCUT2D eigenvalue weighted by Gasteiger charge is 2.18. The molecule has 2 N–H and O–H groups in total. The third-order valence-corrected chi connectivity index (χ3v) is 3.17. The molecule has 0 aliphatic heterocycles. The average Bonchev–Trinajstić information content (AvgIpc) is 2.46. The van der Waals surface area contributed by atoms with Gasteiger partial charge in [0, 0.05) is 6.54 Å². The molecule has 0 saturated heterocycles. The van der Waals surface area contributed by atoms with Crippen LogP contribution in [0.15, 0.2) is 24.3 Å². The molecule has 0 aromatic heterocycles. The molecular weight excluding hydrogens is 256 g/mol. The van der Waals surface area contributed by atoms with Crippen molar-refractivity contribution in [2.24, 2.45) is 0 Å². The van der Waals surface area contributed by atoms with Gasteiger partial charge in [-0.3, -0.25) is 9.69 Å². The molecule has 0 spiro atoms. The molecule has 0 radical (unpaired) electrons. The summed E-state index contributed by atoms with van der Waals surface area (Å²) in [5.41, 5.74) is 0.957. The summed E-state index contributed by atoms with van der Waals surface area (Å²) in [4.78, 5) is 13.6. The highest BCUT2D eigenvalue weighted by atomic mass is 16.5. The monoisotopic (exact) mass is 280 g/mol. The number of aliphatic hydroxyl groups is 1. The van der Waals surface area contributed by atoms with Gasteiger partial charge in [0.1, 0.15) is 5.75 Å². The fourth-order valence-electron chi connectivity index (χ4n) is 1.98. The second-order valence-electron chi connectivity index (χ2n) is 4.74. The topological polar surface area (TPSA) is 61.8 Å². The van der Waals surface area contributed by atoms with Crippen LogP contribution in [0.25, 0.3) is 0 Å². The van der Waals surface area contributed by atoms with Crippen molar-refractivity contribution >= 4 is 5.91 Å². The fraction of sp³-hybridized carbons (Fsp3) is 0.533. The standard InChI is InChI=1S/C15H24N2O3/c1-4-9-16-15(19)10-17(2)14(11-18)12-5-7-13(20-3)8-6-12/h5-8,14,18H,4,9-11H2,1-3H3,(H,16,19). The summed E-state index contributed by atoms with van der Waals surface area (Å²) in [6.45, 7) is 2.91. The Balaban J connectivity index is 2.65. The Hall–Kier alpha value is -1.59. The molecule has 1 amide bonds. The number of aliphatic hydroxyl groups excluding tert-OH is 1. The highest BCUT2D eigenvalue weighted by Crippen LogP contribution is 2.21. The number of benzene rings is 1. The number of methoxy groups -OCH3 is 1. The number of likely N-dealkylation sites (N-methyl/N-ethyl adjacent to an activating group) is 1. The molecule has 5 heteroatoms. The number of nitrogens with zero attached hydrogens (tertiary/aromatic N) is 1. The number of amides is 1. The van der Waals surface area contributed by atoms with Gasteiger partial charge in [0.05, 0.1) is 26.3 Å². The summed E-state index contributed by atoms with van der Waals surface area (Å²) in [5, 5.41) is 12.4. The summed E-state index contributed by atoms with van der Waals surface area (Å²) in [6.07, 6.45) is 0.914. The second kappa shape index (κ2) is 8.55. The predicted octanol–water partition coefficient (Wildman–Crippen LogP) is 1.19. The number of hydrogen-bond donors (Lipinski definition) is 2. The Morgan fingerprint density at radius 3 is 2.55 bits per heavy atom. The second-order valence-corrected chi connectivity index (χ2v) is 4.74. The maximum Gasteiger partial charge on any atom is 0.234 e. The van der Waals surface area contributed by atoms with Gasteiger partial charge in [-0.15, -0.1) is 0 Å². The molecule has 5 nitrogen and oxygen atoms in total. The van der Waals surface area contributed by atoms with Crippen molar-refractivity contribution in [3.63, 3.8) is 0 Å². The molecule has 1 rings (SSSR count). The first-order chi connectivity index (χ1) is 9.62. The van der Waals surface area contributed by atoms with Crippen LogP contribution in [0.1, 0.15) is 24.9 Å². The lowest BCUT2D eigenvalue weighted by molar-refractivity contribution is -0.122. The van der Waals surface area contributed by atoms with Crippen LogP contribution in [-0.2, 0) is 4.79 Å². The van der Waals surface area contributed by atoms with Crippen molar-refractivity contribution in [3.05, 3.63) is 29.8 Å². The van der Waals surface area contributed by atoms with Gasteiger partial charge in [-0.2, -0.15) is 0 Å². The van der Waals surface area contributed by atoms with Crippen molar-refractivity contribution < 1.29 is 14.6 Å². The van der Waals surface area contributed by atoms with E-state index in [0.29, 0.717) is 6.54 Å². The minimum atomic E-state index is -0.201. The van der Waals surface area contributed by atoms with E-state index in [-0.39, 0.29) is 25.1 Å². The van der Waals surface area contributed by atoms with E-state index < -0.39 is 0 Å². The molecule has 0 aliphatic carbocycles. The molecule has 112 valence electrons. The highest BCUT2D eigenvalue weighted by molar-refractivity contribution is 5.78. The minimum Gasteiger partial charge on any atom is -0.497 e. The molecule has 1 atom stereocenters. The lowest BCUT2D eigenvalue weighted by Crippen LogP contribution is -2.38. The summed E-state index contributed by atoms with van der Waals surface area (Å²) in [5.74, 6) is 0.745. The van der Waals surface area contributed by atoms with E-state index in [0.717, 1.165) is 17.7 Å². The van der Waals surface area contributed by atoms with Gasteiger partial charge in [0.15, 0.2) is 0 Å². The average molecular weight is 280 g/mol. The SMILES string of the molecule is CCCNC(=O)CN(C)C(CO)c1ccc(OC)cc1. The van der Waals surface area contributed by atoms with Crippen LogP contribution in [-0.4, -0.2) is 49.8 Å². The minimum absolute atomic E-state index is 0.0266. The van der Waals surface area contributed by atoms with Crippen LogP contribution in [0.4, 0.5) is 0 Å². The van der Waals surface area contributed by atoms with E-state index in [9.17, 15) is 9.90 Å². The molecule has 1 aromatic carbocycles. The van der Waals surface area contributed by atoms with Crippen molar-refractivity contribution in [1.29, 1.82) is 0 Å². The molecule has 0 aliphatic rings. The van der Waals surface area contributed by atoms with Crippen molar-refractivity contribution in [3.8, 4) is 5.75 Å². The predicted molar refractivity (Wildman–Crippen MR) is 78.8 cm³/mol. The zero-order valence-corrected chi connectivity index (χ0v) is 12.4. The van der Waals surface area contributed by atoms with Gasteiger partial charge in [-0.1, -0.05) is 19.1 Å². The number of carbonyl (C=O) groups excluding carboxylic acids is 1. The van der Waals surface area contributed by atoms with Crippen LogP contribution in [0, 0.1) is 0 Å². The van der Waals surface area contributed by atoms with Gasteiger partial charge in [-0.25, -0.2) is 0 Å². The van der Waals surface area contributed by atoms with E-state index in [1.165, 1.54) is 0 Å². The van der Waals surface area contributed by atoms with Crippen LogP contribution in [0.5, 0.6) is 5.75 Å². The van der Waals surface area contributed by atoms with Crippen molar-refractivity contribution in [2.45, 2.75) is 19.4 Å². The summed E-state index contributed by atoms with van der Waals surface area (Å²) < 4.78 is 5.11. The smallest absolute Gasteiger partial charge is 0.234 e. The first kappa shape index (κ1) is 16.5. The lowest BCUT2D eigenvalue weighted by atomic mass is 10.1. The maximum absolute atomic E-state index is 11.7. The van der Waals surface area contributed by atoms with Crippen molar-refractivity contribution in [1.82, 2.24) is 10.2 Å². The summed E-state index contributed by atoms with van der Waals surface area (Å²) >= 11 is 0. The maximum atomic E-state index is 11.7. The quantitative estimate of drug-likeness (QED) is 0.751. The van der Waals surface area contributed by atoms with Gasteiger partial charge < -0.3 is 15.2 Å². The number of nitrogens with one attached hydrogen (secondary N) is 1. The van der Waals surface area contributed by atoms with E-state index in [2.05, 4.69) is 5.32 Å². The normalized spacial score (nSPS) is 12.2.